The van der Waals surface area contributed by atoms with E-state index in [0.29, 0.717) is 12.3 Å². The van der Waals surface area contributed by atoms with Crippen LogP contribution in [0.3, 0.4) is 0 Å². The standard InChI is InChI=1S/C12H14BrNO3/c13-11(10-5-6-17-8-10)7-9-3-1-2-4-12(9)14(15)16/h1-4,10-11H,5-8H2. The molecule has 0 aromatic heterocycles. The topological polar surface area (TPSA) is 52.4 Å². The molecule has 2 atom stereocenters. The monoisotopic (exact) mass is 299 g/mol. The largest absolute Gasteiger partial charge is 0.381 e. The number of halogens is 1. The van der Waals surface area contributed by atoms with Crippen molar-refractivity contribution in [2.75, 3.05) is 13.2 Å². The summed E-state index contributed by atoms with van der Waals surface area (Å²) in [5, 5.41) is 10.9. The van der Waals surface area contributed by atoms with Gasteiger partial charge in [0.2, 0.25) is 0 Å². The average molecular weight is 300 g/mol. The van der Waals surface area contributed by atoms with Crippen molar-refractivity contribution in [2.24, 2.45) is 5.92 Å². The van der Waals surface area contributed by atoms with Gasteiger partial charge in [-0.2, -0.15) is 0 Å². The van der Waals surface area contributed by atoms with Gasteiger partial charge >= 0.3 is 0 Å². The molecule has 0 radical (unpaired) electrons. The number of nitrogens with zero attached hydrogens (tertiary/aromatic N) is 1. The second-order valence-electron chi connectivity index (χ2n) is 4.23. The van der Waals surface area contributed by atoms with Crippen LogP contribution in [0.2, 0.25) is 0 Å². The van der Waals surface area contributed by atoms with Crippen molar-refractivity contribution in [3.63, 3.8) is 0 Å². The zero-order valence-corrected chi connectivity index (χ0v) is 10.9. The molecule has 2 rings (SSSR count). The lowest BCUT2D eigenvalue weighted by atomic mass is 9.98. The number of rotatable bonds is 4. The lowest BCUT2D eigenvalue weighted by Gasteiger charge is -2.15. The molecule has 0 N–H and O–H groups in total. The van der Waals surface area contributed by atoms with Gasteiger partial charge in [0.25, 0.3) is 5.69 Å². The first-order valence-corrected chi connectivity index (χ1v) is 6.54. The van der Waals surface area contributed by atoms with Crippen molar-refractivity contribution < 1.29 is 9.66 Å². The van der Waals surface area contributed by atoms with E-state index < -0.39 is 0 Å². The number of ether oxygens (including phenoxy) is 1. The fraction of sp³-hybridized carbons (Fsp3) is 0.500. The maximum Gasteiger partial charge on any atom is 0.272 e. The van der Waals surface area contributed by atoms with Gasteiger partial charge in [-0.15, -0.1) is 0 Å². The van der Waals surface area contributed by atoms with Crippen LogP contribution in [0.4, 0.5) is 5.69 Å². The van der Waals surface area contributed by atoms with Crippen LogP contribution in [0.25, 0.3) is 0 Å². The third kappa shape index (κ3) is 3.04. The minimum Gasteiger partial charge on any atom is -0.381 e. The summed E-state index contributed by atoms with van der Waals surface area (Å²) in [5.74, 6) is 0.454. The van der Waals surface area contributed by atoms with E-state index >= 15 is 0 Å². The minimum absolute atomic E-state index is 0.205. The van der Waals surface area contributed by atoms with Crippen LogP contribution in [0.15, 0.2) is 24.3 Å². The van der Waals surface area contributed by atoms with E-state index in [9.17, 15) is 10.1 Å². The molecule has 1 heterocycles. The summed E-state index contributed by atoms with van der Waals surface area (Å²) in [6, 6.07) is 6.92. The van der Waals surface area contributed by atoms with Gasteiger partial charge in [-0.25, -0.2) is 0 Å². The summed E-state index contributed by atoms with van der Waals surface area (Å²) < 4.78 is 5.33. The molecule has 1 fully saturated rings. The van der Waals surface area contributed by atoms with E-state index in [0.717, 1.165) is 25.2 Å². The number of nitro benzene ring substituents is 1. The Labute approximate surface area is 108 Å². The molecular weight excluding hydrogens is 286 g/mol. The molecule has 0 bridgehead atoms. The van der Waals surface area contributed by atoms with Gasteiger partial charge < -0.3 is 4.74 Å². The first-order valence-electron chi connectivity index (χ1n) is 5.62. The molecule has 1 saturated heterocycles. The number of alkyl halides is 1. The highest BCUT2D eigenvalue weighted by Gasteiger charge is 2.25. The Kier molecular flexibility index (Phi) is 4.12. The Morgan fingerprint density at radius 2 is 2.29 bits per heavy atom. The van der Waals surface area contributed by atoms with E-state index in [1.165, 1.54) is 0 Å². The predicted molar refractivity (Wildman–Crippen MR) is 68.4 cm³/mol. The van der Waals surface area contributed by atoms with Gasteiger partial charge in [0, 0.05) is 23.1 Å². The lowest BCUT2D eigenvalue weighted by Crippen LogP contribution is -2.17. The molecule has 0 spiro atoms. The van der Waals surface area contributed by atoms with Crippen molar-refractivity contribution in [1.29, 1.82) is 0 Å². The van der Waals surface area contributed by atoms with Crippen molar-refractivity contribution in [3.05, 3.63) is 39.9 Å². The molecule has 0 amide bonds. The molecule has 1 aliphatic rings. The van der Waals surface area contributed by atoms with E-state index in [2.05, 4.69) is 15.9 Å². The quantitative estimate of drug-likeness (QED) is 0.488. The molecule has 92 valence electrons. The van der Waals surface area contributed by atoms with Crippen molar-refractivity contribution in [1.82, 2.24) is 0 Å². The first-order chi connectivity index (χ1) is 8.18. The van der Waals surface area contributed by atoms with Crippen LogP contribution >= 0.6 is 15.9 Å². The minimum atomic E-state index is -0.319. The normalized spacial score (nSPS) is 21.4. The highest BCUT2D eigenvalue weighted by molar-refractivity contribution is 9.09. The van der Waals surface area contributed by atoms with E-state index in [1.807, 2.05) is 12.1 Å². The predicted octanol–water partition coefficient (Wildman–Crippen LogP) is 2.94. The number of hydrogen-bond acceptors (Lipinski definition) is 3. The van der Waals surface area contributed by atoms with Gasteiger partial charge in [0.05, 0.1) is 11.5 Å². The lowest BCUT2D eigenvalue weighted by molar-refractivity contribution is -0.385. The fourth-order valence-corrected chi connectivity index (χ4v) is 2.84. The molecule has 2 unspecified atom stereocenters. The van der Waals surface area contributed by atoms with Crippen LogP contribution in [-0.2, 0) is 11.2 Å². The maximum atomic E-state index is 10.9. The molecular formula is C12H14BrNO3. The molecule has 17 heavy (non-hydrogen) atoms. The van der Waals surface area contributed by atoms with Crippen molar-refractivity contribution in [2.45, 2.75) is 17.7 Å². The Morgan fingerprint density at radius 3 is 2.94 bits per heavy atom. The summed E-state index contributed by atoms with van der Waals surface area (Å²) in [6.45, 7) is 1.54. The van der Waals surface area contributed by atoms with E-state index in [4.69, 9.17) is 4.74 Å². The maximum absolute atomic E-state index is 10.9. The molecule has 5 heteroatoms. The zero-order chi connectivity index (χ0) is 12.3. The van der Waals surface area contributed by atoms with E-state index in [-0.39, 0.29) is 15.4 Å². The zero-order valence-electron chi connectivity index (χ0n) is 9.34. The Hall–Kier alpha value is -0.940. The van der Waals surface area contributed by atoms with Crippen molar-refractivity contribution in [3.8, 4) is 0 Å². The van der Waals surface area contributed by atoms with Crippen LogP contribution in [0.5, 0.6) is 0 Å². The van der Waals surface area contributed by atoms with E-state index in [1.54, 1.807) is 12.1 Å². The van der Waals surface area contributed by atoms with Gasteiger partial charge in [0.15, 0.2) is 0 Å². The van der Waals surface area contributed by atoms with Crippen LogP contribution in [0, 0.1) is 16.0 Å². The Morgan fingerprint density at radius 1 is 1.53 bits per heavy atom. The molecule has 1 aromatic rings. The number of hydrogen-bond donors (Lipinski definition) is 0. The first kappa shape index (κ1) is 12.5. The molecule has 1 aliphatic heterocycles. The average Bonchev–Trinajstić information content (AvgIpc) is 2.83. The smallest absolute Gasteiger partial charge is 0.272 e. The third-order valence-electron chi connectivity index (χ3n) is 3.08. The summed E-state index contributed by atoms with van der Waals surface area (Å²) in [6.07, 6.45) is 1.70. The summed E-state index contributed by atoms with van der Waals surface area (Å²) >= 11 is 3.62. The van der Waals surface area contributed by atoms with Gasteiger partial charge in [-0.3, -0.25) is 10.1 Å². The second-order valence-corrected chi connectivity index (χ2v) is 5.41. The second kappa shape index (κ2) is 5.60. The molecule has 1 aromatic carbocycles. The SMILES string of the molecule is O=[N+]([O-])c1ccccc1CC(Br)C1CCOC1. The third-order valence-corrected chi connectivity index (χ3v) is 4.15. The van der Waals surface area contributed by atoms with Gasteiger partial charge in [-0.1, -0.05) is 34.1 Å². The number of nitro groups is 1. The highest BCUT2D eigenvalue weighted by atomic mass is 79.9. The van der Waals surface area contributed by atoms with Crippen LogP contribution < -0.4 is 0 Å². The fourth-order valence-electron chi connectivity index (χ4n) is 2.08. The highest BCUT2D eigenvalue weighted by Crippen LogP contribution is 2.28. The molecule has 0 saturated carbocycles. The van der Waals surface area contributed by atoms with Crippen LogP contribution in [-0.4, -0.2) is 23.0 Å². The summed E-state index contributed by atoms with van der Waals surface area (Å²) in [5.41, 5.74) is 0.988. The summed E-state index contributed by atoms with van der Waals surface area (Å²) in [7, 11) is 0. The van der Waals surface area contributed by atoms with Crippen molar-refractivity contribution >= 4 is 21.6 Å². The molecule has 4 nitrogen and oxygen atoms in total. The van der Waals surface area contributed by atoms with Gasteiger partial charge in [0.1, 0.15) is 0 Å². The van der Waals surface area contributed by atoms with Crippen LogP contribution in [0.1, 0.15) is 12.0 Å². The summed E-state index contributed by atoms with van der Waals surface area (Å²) in [4.78, 5) is 10.8. The Balaban J connectivity index is 2.09. The Bertz CT molecular complexity index is 404. The number of benzene rings is 1. The number of para-hydroxylation sites is 1. The molecule has 0 aliphatic carbocycles. The van der Waals surface area contributed by atoms with Gasteiger partial charge in [-0.05, 0) is 18.8 Å².